The summed E-state index contributed by atoms with van der Waals surface area (Å²) in [5, 5.41) is 3.29. The van der Waals surface area contributed by atoms with E-state index in [1.165, 1.54) is 0 Å². The number of carbonyl (C=O) groups excluding carboxylic acids is 1. The molecule has 1 unspecified atom stereocenters. The van der Waals surface area contributed by atoms with Crippen LogP contribution in [0.3, 0.4) is 0 Å². The number of hydrogen-bond donors (Lipinski definition) is 2. The molecular weight excluding hydrogens is 368 g/mol. The van der Waals surface area contributed by atoms with E-state index in [0.717, 1.165) is 0 Å². The molecule has 2 aliphatic rings. The van der Waals surface area contributed by atoms with Gasteiger partial charge >= 0.3 is 0 Å². The van der Waals surface area contributed by atoms with Crippen LogP contribution in [-0.2, 0) is 10.0 Å². The van der Waals surface area contributed by atoms with Gasteiger partial charge in [0, 0.05) is 20.0 Å². The lowest BCUT2D eigenvalue weighted by molar-refractivity contribution is 0.0645. The molecule has 0 aliphatic carbocycles. The number of aryl methyl sites for hydroxylation is 2. The van der Waals surface area contributed by atoms with Crippen LogP contribution in [0.4, 0.5) is 5.69 Å². The van der Waals surface area contributed by atoms with E-state index in [4.69, 9.17) is 4.42 Å². The average molecular weight is 390 g/mol. The Morgan fingerprint density at radius 1 is 1.22 bits per heavy atom. The lowest BCUT2D eigenvalue weighted by atomic mass is 9.93. The lowest BCUT2D eigenvalue weighted by Crippen LogP contribution is -2.52. The van der Waals surface area contributed by atoms with Gasteiger partial charge in [-0.05, 0) is 37.8 Å². The second kappa shape index (κ2) is 6.65. The smallest absolute Gasteiger partial charge is 0.291 e. The van der Waals surface area contributed by atoms with E-state index in [2.05, 4.69) is 15.0 Å². The summed E-state index contributed by atoms with van der Waals surface area (Å²) in [5.74, 6) is 0.699. The van der Waals surface area contributed by atoms with Crippen LogP contribution >= 0.6 is 0 Å². The molecule has 2 aliphatic heterocycles. The minimum absolute atomic E-state index is 0.0924. The van der Waals surface area contributed by atoms with Crippen molar-refractivity contribution in [2.45, 2.75) is 37.8 Å². The summed E-state index contributed by atoms with van der Waals surface area (Å²) in [7, 11) is -3.53. The van der Waals surface area contributed by atoms with Crippen molar-refractivity contribution in [3.8, 4) is 0 Å². The summed E-state index contributed by atoms with van der Waals surface area (Å²) >= 11 is 0. The van der Waals surface area contributed by atoms with Crippen molar-refractivity contribution in [1.82, 2.24) is 14.6 Å². The number of para-hydroxylation sites is 1. The van der Waals surface area contributed by atoms with Gasteiger partial charge in [-0.1, -0.05) is 12.1 Å². The number of aromatic nitrogens is 1. The minimum Gasteiger partial charge on any atom is -0.436 e. The van der Waals surface area contributed by atoms with Gasteiger partial charge in [-0.25, -0.2) is 13.4 Å². The van der Waals surface area contributed by atoms with E-state index >= 15 is 0 Å². The maximum atomic E-state index is 12.6. The third kappa shape index (κ3) is 3.32. The maximum Gasteiger partial charge on any atom is 0.291 e. The fourth-order valence-corrected chi connectivity index (χ4v) is 5.16. The first-order chi connectivity index (χ1) is 12.8. The zero-order valence-electron chi connectivity index (χ0n) is 15.2. The molecule has 144 valence electrons. The van der Waals surface area contributed by atoms with E-state index in [9.17, 15) is 13.2 Å². The highest BCUT2D eigenvalue weighted by Crippen LogP contribution is 2.31. The van der Waals surface area contributed by atoms with Crippen LogP contribution in [0.5, 0.6) is 0 Å². The molecule has 0 bridgehead atoms. The molecule has 1 amide bonds. The molecular formula is C18H22N4O4S. The number of nitrogens with one attached hydrogen (secondary N) is 2. The Hall–Kier alpha value is -2.39. The molecule has 1 fully saturated rings. The van der Waals surface area contributed by atoms with Crippen molar-refractivity contribution in [1.29, 1.82) is 0 Å². The Morgan fingerprint density at radius 3 is 2.59 bits per heavy atom. The van der Waals surface area contributed by atoms with Gasteiger partial charge in [0.15, 0.2) is 5.89 Å². The Balaban J connectivity index is 1.44. The van der Waals surface area contributed by atoms with Gasteiger partial charge in [0.25, 0.3) is 5.91 Å². The number of benzene rings is 1. The third-order valence-corrected chi connectivity index (χ3v) is 6.66. The molecule has 3 heterocycles. The number of carbonyl (C=O) groups is 1. The highest BCUT2D eigenvalue weighted by molar-refractivity contribution is 7.89. The molecule has 8 nitrogen and oxygen atoms in total. The molecule has 2 aromatic rings. The number of hydrogen-bond acceptors (Lipinski definition) is 6. The largest absolute Gasteiger partial charge is 0.436 e. The van der Waals surface area contributed by atoms with E-state index in [0.29, 0.717) is 43.2 Å². The molecule has 27 heavy (non-hydrogen) atoms. The quantitative estimate of drug-likeness (QED) is 0.811. The topological polar surface area (TPSA) is 105 Å². The molecule has 2 N–H and O–H groups in total. The van der Waals surface area contributed by atoms with Crippen molar-refractivity contribution >= 4 is 21.6 Å². The number of piperidine rings is 1. The molecule has 0 spiro atoms. The summed E-state index contributed by atoms with van der Waals surface area (Å²) < 4.78 is 33.1. The van der Waals surface area contributed by atoms with Crippen molar-refractivity contribution in [2.24, 2.45) is 5.92 Å². The predicted octanol–water partition coefficient (Wildman–Crippen LogP) is 1.87. The highest BCUT2D eigenvalue weighted by atomic mass is 32.2. The van der Waals surface area contributed by atoms with E-state index in [-0.39, 0.29) is 28.6 Å². The Bertz CT molecular complexity index is 977. The van der Waals surface area contributed by atoms with Gasteiger partial charge in [-0.2, -0.15) is 4.72 Å². The number of nitrogens with zero attached hydrogens (tertiary/aromatic N) is 2. The fourth-order valence-electron chi connectivity index (χ4n) is 3.77. The highest BCUT2D eigenvalue weighted by Gasteiger charge is 2.36. The third-order valence-electron chi connectivity index (χ3n) is 5.17. The number of fused-ring (bicyclic) bond motifs is 1. The number of rotatable bonds is 2. The van der Waals surface area contributed by atoms with Crippen molar-refractivity contribution in [3.63, 3.8) is 0 Å². The molecule has 0 radical (unpaired) electrons. The molecule has 1 aromatic carbocycles. The summed E-state index contributed by atoms with van der Waals surface area (Å²) in [4.78, 5) is 18.8. The van der Waals surface area contributed by atoms with Gasteiger partial charge in [-0.3, -0.25) is 4.79 Å². The van der Waals surface area contributed by atoms with Crippen molar-refractivity contribution in [3.05, 3.63) is 41.6 Å². The van der Waals surface area contributed by atoms with Gasteiger partial charge < -0.3 is 14.6 Å². The van der Waals surface area contributed by atoms with E-state index in [1.807, 2.05) is 6.07 Å². The van der Waals surface area contributed by atoms with Crippen molar-refractivity contribution in [2.75, 3.05) is 18.4 Å². The molecule has 1 atom stereocenters. The minimum atomic E-state index is -3.53. The maximum absolute atomic E-state index is 12.6. The van der Waals surface area contributed by atoms with Crippen LogP contribution in [0.1, 0.15) is 35.0 Å². The van der Waals surface area contributed by atoms with Crippen LogP contribution in [0.15, 0.2) is 33.6 Å². The molecule has 4 rings (SSSR count). The van der Waals surface area contributed by atoms with Gasteiger partial charge in [0.2, 0.25) is 15.8 Å². The average Bonchev–Trinajstić information content (AvgIpc) is 2.99. The Morgan fingerprint density at radius 2 is 1.93 bits per heavy atom. The summed E-state index contributed by atoms with van der Waals surface area (Å²) in [6.07, 6.45) is 1.01. The molecule has 1 saturated heterocycles. The van der Waals surface area contributed by atoms with Gasteiger partial charge in [0.05, 0.1) is 17.5 Å². The zero-order valence-corrected chi connectivity index (χ0v) is 16.0. The monoisotopic (exact) mass is 390 g/mol. The summed E-state index contributed by atoms with van der Waals surface area (Å²) in [6.45, 7) is 4.57. The first-order valence-corrected chi connectivity index (χ1v) is 10.4. The zero-order chi connectivity index (χ0) is 19.2. The fraction of sp³-hybridized carbons (Fsp3) is 0.444. The lowest BCUT2D eigenvalue weighted by Gasteiger charge is -2.38. The molecule has 1 aromatic heterocycles. The summed E-state index contributed by atoms with van der Waals surface area (Å²) in [5.41, 5.74) is 1.21. The summed E-state index contributed by atoms with van der Waals surface area (Å²) in [6, 6.07) is 6.88. The second-order valence-corrected chi connectivity index (χ2v) is 8.70. The molecule has 9 heteroatoms. The SMILES string of the molecule is Cc1nc(C)c(C(=O)N2CCC(C3Nc4ccccc4S(=O)(=O)N3)CC2)o1. The molecule has 0 saturated carbocycles. The number of sulfonamides is 1. The predicted molar refractivity (Wildman–Crippen MR) is 98.8 cm³/mol. The normalized spacial score (nSPS) is 22.1. The second-order valence-electron chi connectivity index (χ2n) is 7.02. The van der Waals surface area contributed by atoms with Gasteiger partial charge in [0.1, 0.15) is 4.90 Å². The Kier molecular flexibility index (Phi) is 4.43. The van der Waals surface area contributed by atoms with Gasteiger partial charge in [-0.15, -0.1) is 0 Å². The van der Waals surface area contributed by atoms with Crippen LogP contribution in [0.2, 0.25) is 0 Å². The van der Waals surface area contributed by atoms with E-state index in [1.54, 1.807) is 36.9 Å². The number of likely N-dealkylation sites (tertiary alicyclic amines) is 1. The number of amides is 1. The number of oxazole rings is 1. The van der Waals surface area contributed by atoms with E-state index < -0.39 is 10.0 Å². The van der Waals surface area contributed by atoms with Crippen LogP contribution in [0.25, 0.3) is 0 Å². The Labute approximate surface area is 158 Å². The first kappa shape index (κ1) is 18.0. The number of anilines is 1. The van der Waals surface area contributed by atoms with Crippen molar-refractivity contribution < 1.29 is 17.6 Å². The van der Waals surface area contributed by atoms with Crippen LogP contribution in [0, 0.1) is 19.8 Å². The standard InChI is InChI=1S/C18H22N4O4S/c1-11-16(26-12(2)19-11)18(23)22-9-7-13(8-10-22)17-20-14-5-3-4-6-15(14)27(24,25)21-17/h3-6,13,17,20-21H,7-10H2,1-2H3. The van der Waals surface area contributed by atoms with Crippen LogP contribution < -0.4 is 10.0 Å². The first-order valence-electron chi connectivity index (χ1n) is 8.96. The van der Waals surface area contributed by atoms with Crippen LogP contribution in [-0.4, -0.2) is 43.5 Å².